The van der Waals surface area contributed by atoms with Crippen molar-refractivity contribution in [2.45, 2.75) is 123 Å². The van der Waals surface area contributed by atoms with Gasteiger partial charge in [-0.2, -0.15) is 0 Å². The smallest absolute Gasteiger partial charge is 0.236 e. The van der Waals surface area contributed by atoms with Crippen molar-refractivity contribution in [3.63, 3.8) is 0 Å². The summed E-state index contributed by atoms with van der Waals surface area (Å²) in [4.78, 5) is 12.1. The molecule has 0 N–H and O–H groups in total. The predicted molar refractivity (Wildman–Crippen MR) is 115 cm³/mol. The summed E-state index contributed by atoms with van der Waals surface area (Å²) in [6.45, 7) is 5.37. The third kappa shape index (κ3) is 15.7. The maximum Gasteiger partial charge on any atom is 0.236 e. The Kier molecular flexibility index (Phi) is 18.8. The molecule has 1 amide bonds. The summed E-state index contributed by atoms with van der Waals surface area (Å²) in [5, 5.41) is 3.81. The molecule has 0 aliphatic carbocycles. The van der Waals surface area contributed by atoms with Crippen LogP contribution in [0.5, 0.6) is 0 Å². The average Bonchev–Trinajstić information content (AvgIpc) is 2.64. The first-order valence-corrected chi connectivity index (χ1v) is 11.6. The fourth-order valence-corrected chi connectivity index (χ4v) is 3.47. The van der Waals surface area contributed by atoms with Crippen LogP contribution in [0.2, 0.25) is 0 Å². The van der Waals surface area contributed by atoms with Crippen LogP contribution in [0.25, 0.3) is 0 Å². The molecule has 0 aromatic rings. The lowest BCUT2D eigenvalue weighted by atomic mass is 10.0. The van der Waals surface area contributed by atoms with Crippen LogP contribution < -0.4 is 0 Å². The van der Waals surface area contributed by atoms with Crippen LogP contribution in [-0.4, -0.2) is 36.6 Å². The van der Waals surface area contributed by atoms with Gasteiger partial charge >= 0.3 is 0 Å². The summed E-state index contributed by atoms with van der Waals surface area (Å²) >= 11 is 0. The van der Waals surface area contributed by atoms with Crippen molar-refractivity contribution in [3.8, 4) is 0 Å². The lowest BCUT2D eigenvalue weighted by Gasteiger charge is -2.27. The van der Waals surface area contributed by atoms with Crippen LogP contribution in [0.3, 0.4) is 0 Å². The van der Waals surface area contributed by atoms with Gasteiger partial charge in [-0.3, -0.25) is 9.80 Å². The van der Waals surface area contributed by atoms with Crippen molar-refractivity contribution in [3.05, 3.63) is 0 Å². The van der Waals surface area contributed by atoms with Gasteiger partial charge in [-0.25, -0.2) is 5.01 Å². The van der Waals surface area contributed by atoms with E-state index in [9.17, 15) is 4.79 Å². The molecular weight excluding hydrogens is 320 g/mol. The molecule has 0 fully saturated rings. The summed E-state index contributed by atoms with van der Waals surface area (Å²) < 4.78 is 0. The van der Waals surface area contributed by atoms with E-state index < -0.39 is 0 Å². The largest absolute Gasteiger partial charge is 0.279 e. The standard InChI is InChI=1S/C23H48N2O/c1-5-7-8-9-10-11-12-13-14-15-16-17-18-19-20-21-23(26)25(4)24(3)22-6-2/h5-22H2,1-4H3. The molecule has 156 valence electrons. The van der Waals surface area contributed by atoms with E-state index in [1.165, 1.54) is 89.9 Å². The summed E-state index contributed by atoms with van der Waals surface area (Å²) in [7, 11) is 3.89. The van der Waals surface area contributed by atoms with E-state index in [1.54, 1.807) is 5.01 Å². The Bertz CT molecular complexity index is 307. The molecule has 3 nitrogen and oxygen atoms in total. The Morgan fingerprint density at radius 3 is 1.35 bits per heavy atom. The molecule has 0 saturated heterocycles. The van der Waals surface area contributed by atoms with E-state index in [1.807, 2.05) is 19.1 Å². The molecule has 0 spiro atoms. The number of hydrogen-bond donors (Lipinski definition) is 0. The highest BCUT2D eigenvalue weighted by Gasteiger charge is 2.11. The third-order valence-corrected chi connectivity index (χ3v) is 5.41. The summed E-state index contributed by atoms with van der Waals surface area (Å²) in [5.41, 5.74) is 0. The van der Waals surface area contributed by atoms with Gasteiger partial charge in [0.05, 0.1) is 0 Å². The van der Waals surface area contributed by atoms with Crippen molar-refractivity contribution >= 4 is 5.91 Å². The highest BCUT2D eigenvalue weighted by molar-refractivity contribution is 5.75. The molecule has 0 radical (unpaired) electrons. The van der Waals surface area contributed by atoms with E-state index in [0.717, 1.165) is 19.4 Å². The maximum atomic E-state index is 12.1. The summed E-state index contributed by atoms with van der Waals surface area (Å²) in [6, 6.07) is 0. The Morgan fingerprint density at radius 2 is 0.962 bits per heavy atom. The van der Waals surface area contributed by atoms with Gasteiger partial charge in [0.15, 0.2) is 0 Å². The fourth-order valence-electron chi connectivity index (χ4n) is 3.47. The molecule has 0 saturated carbocycles. The van der Waals surface area contributed by atoms with Gasteiger partial charge in [0.25, 0.3) is 0 Å². The molecule has 26 heavy (non-hydrogen) atoms. The maximum absolute atomic E-state index is 12.1. The molecule has 3 heteroatoms. The van der Waals surface area contributed by atoms with Crippen LogP contribution in [0.1, 0.15) is 123 Å². The first-order chi connectivity index (χ1) is 12.6. The highest BCUT2D eigenvalue weighted by atomic mass is 16.2. The van der Waals surface area contributed by atoms with E-state index in [0.29, 0.717) is 6.42 Å². The minimum atomic E-state index is 0.260. The molecular formula is C23H48N2O. The van der Waals surface area contributed by atoms with Gasteiger partial charge in [-0.05, 0) is 12.8 Å². The second-order valence-corrected chi connectivity index (χ2v) is 8.00. The SMILES string of the molecule is CCCCCCCCCCCCCCCCCC(=O)N(C)N(C)CCC. The normalized spacial score (nSPS) is 11.3. The van der Waals surface area contributed by atoms with Crippen LogP contribution in [0.4, 0.5) is 0 Å². The van der Waals surface area contributed by atoms with E-state index in [4.69, 9.17) is 0 Å². The average molecular weight is 369 g/mol. The van der Waals surface area contributed by atoms with Crippen LogP contribution in [0, 0.1) is 0 Å². The second kappa shape index (κ2) is 19.2. The number of nitrogens with zero attached hydrogens (tertiary/aromatic N) is 2. The first kappa shape index (κ1) is 25.4. The number of hydrogen-bond acceptors (Lipinski definition) is 2. The number of rotatable bonds is 19. The molecule has 0 atom stereocenters. The van der Waals surface area contributed by atoms with Crippen LogP contribution >= 0.6 is 0 Å². The fraction of sp³-hybridized carbons (Fsp3) is 0.957. The van der Waals surface area contributed by atoms with Crippen molar-refractivity contribution in [1.29, 1.82) is 0 Å². The first-order valence-electron chi connectivity index (χ1n) is 11.6. The molecule has 0 aliphatic rings. The summed E-state index contributed by atoms with van der Waals surface area (Å²) in [5.74, 6) is 0.260. The van der Waals surface area contributed by atoms with Crippen LogP contribution in [0.15, 0.2) is 0 Å². The Hall–Kier alpha value is -0.570. The molecule has 0 aromatic heterocycles. The van der Waals surface area contributed by atoms with E-state index >= 15 is 0 Å². The summed E-state index contributed by atoms with van der Waals surface area (Å²) in [6.07, 6.45) is 22.3. The van der Waals surface area contributed by atoms with Crippen molar-refractivity contribution < 1.29 is 4.79 Å². The van der Waals surface area contributed by atoms with Gasteiger partial charge in [-0.1, -0.05) is 104 Å². The predicted octanol–water partition coefficient (Wildman–Crippen LogP) is 6.96. The number of amides is 1. The highest BCUT2D eigenvalue weighted by Crippen LogP contribution is 2.14. The molecule has 0 unspecified atom stereocenters. The Morgan fingerprint density at radius 1 is 0.577 bits per heavy atom. The van der Waals surface area contributed by atoms with Gasteiger partial charge < -0.3 is 0 Å². The van der Waals surface area contributed by atoms with E-state index in [2.05, 4.69) is 13.8 Å². The topological polar surface area (TPSA) is 23.6 Å². The lowest BCUT2D eigenvalue weighted by molar-refractivity contribution is -0.143. The zero-order chi connectivity index (χ0) is 19.5. The number of carbonyl (C=O) groups excluding carboxylic acids is 1. The molecule has 0 aliphatic heterocycles. The quantitative estimate of drug-likeness (QED) is 0.182. The van der Waals surface area contributed by atoms with Gasteiger partial charge in [-0.15, -0.1) is 0 Å². The van der Waals surface area contributed by atoms with Crippen molar-refractivity contribution in [1.82, 2.24) is 10.0 Å². The third-order valence-electron chi connectivity index (χ3n) is 5.41. The zero-order valence-corrected chi connectivity index (χ0v) is 18.5. The molecule has 0 rings (SSSR count). The van der Waals surface area contributed by atoms with Crippen molar-refractivity contribution in [2.75, 3.05) is 20.6 Å². The molecule has 0 aromatic carbocycles. The zero-order valence-electron chi connectivity index (χ0n) is 18.5. The Balaban J connectivity index is 3.27. The van der Waals surface area contributed by atoms with Gasteiger partial charge in [0, 0.05) is 27.1 Å². The van der Waals surface area contributed by atoms with Gasteiger partial charge in [0.1, 0.15) is 0 Å². The monoisotopic (exact) mass is 368 g/mol. The number of hydrazine groups is 1. The van der Waals surface area contributed by atoms with E-state index in [-0.39, 0.29) is 5.91 Å². The number of unbranched alkanes of at least 4 members (excludes halogenated alkanes) is 14. The molecule has 0 bridgehead atoms. The van der Waals surface area contributed by atoms with Crippen LogP contribution in [-0.2, 0) is 4.79 Å². The minimum Gasteiger partial charge on any atom is -0.279 e. The lowest BCUT2D eigenvalue weighted by Crippen LogP contribution is -2.41. The van der Waals surface area contributed by atoms with Gasteiger partial charge in [0.2, 0.25) is 5.91 Å². The minimum absolute atomic E-state index is 0.260. The molecule has 0 heterocycles. The second-order valence-electron chi connectivity index (χ2n) is 8.00. The number of carbonyl (C=O) groups is 1. The Labute approximate surface area is 164 Å². The van der Waals surface area contributed by atoms with Crippen molar-refractivity contribution in [2.24, 2.45) is 0 Å².